The summed E-state index contributed by atoms with van der Waals surface area (Å²) in [5.41, 5.74) is 17.0. The number of carbonyl (C=O) groups excluding carboxylic acids is 3. The van der Waals surface area contributed by atoms with Gasteiger partial charge in [-0.1, -0.05) is 12.1 Å². The third-order valence-electron chi connectivity index (χ3n) is 5.17. The predicted octanol–water partition coefficient (Wildman–Crippen LogP) is -2.83. The van der Waals surface area contributed by atoms with Gasteiger partial charge in [0.1, 0.15) is 23.9 Å². The topological polar surface area (TPSA) is 255 Å². The first-order valence-corrected chi connectivity index (χ1v) is 12.0. The first-order valence-electron chi connectivity index (χ1n) is 11.4. The fourth-order valence-electron chi connectivity index (χ4n) is 3.11. The van der Waals surface area contributed by atoms with E-state index in [2.05, 4.69) is 33.6 Å². The highest BCUT2D eigenvalue weighted by molar-refractivity contribution is 7.80. The van der Waals surface area contributed by atoms with E-state index in [1.807, 2.05) is 0 Å². The number of aliphatic carboxylic acids is 1. The minimum atomic E-state index is -1.53. The molecule has 0 radical (unpaired) electrons. The zero-order valence-corrected chi connectivity index (χ0v) is 21.2. The number of nitrogens with one attached hydrogen (secondary N) is 3. The summed E-state index contributed by atoms with van der Waals surface area (Å²) in [5.74, 6) is -4.08. The Hall–Kier alpha value is -3.56. The van der Waals surface area contributed by atoms with Crippen molar-refractivity contribution in [3.8, 4) is 5.75 Å². The largest absolute Gasteiger partial charge is 0.508 e. The molecule has 12 N–H and O–H groups in total. The van der Waals surface area contributed by atoms with Gasteiger partial charge in [0, 0.05) is 18.7 Å². The number of aliphatic hydroxyl groups excluding tert-OH is 1. The number of hydrogen-bond donors (Lipinski definition) is 10. The highest BCUT2D eigenvalue weighted by Crippen LogP contribution is 2.12. The third kappa shape index (κ3) is 11.4. The molecule has 0 aliphatic heterocycles. The van der Waals surface area contributed by atoms with Crippen molar-refractivity contribution in [2.45, 2.75) is 56.5 Å². The summed E-state index contributed by atoms with van der Waals surface area (Å²) >= 11 is 3.87. The van der Waals surface area contributed by atoms with Crippen molar-refractivity contribution < 1.29 is 34.5 Å². The van der Waals surface area contributed by atoms with Crippen LogP contribution in [-0.4, -0.2) is 87.5 Å². The molecule has 0 aliphatic rings. The summed E-state index contributed by atoms with van der Waals surface area (Å²) < 4.78 is 0. The number of phenolic OH excluding ortho intramolecular Hbond substituents is 1. The van der Waals surface area contributed by atoms with Gasteiger partial charge in [0.15, 0.2) is 5.96 Å². The van der Waals surface area contributed by atoms with E-state index in [0.717, 1.165) is 0 Å². The minimum absolute atomic E-state index is 0.000371. The smallest absolute Gasteiger partial charge is 0.327 e. The Labute approximate surface area is 219 Å². The van der Waals surface area contributed by atoms with Gasteiger partial charge in [0.25, 0.3) is 0 Å². The highest BCUT2D eigenvalue weighted by atomic mass is 32.1. The second-order valence-electron chi connectivity index (χ2n) is 8.30. The van der Waals surface area contributed by atoms with E-state index in [1.54, 1.807) is 12.1 Å². The maximum Gasteiger partial charge on any atom is 0.327 e. The number of nitrogens with zero attached hydrogens (tertiary/aromatic N) is 1. The lowest BCUT2D eigenvalue weighted by Gasteiger charge is -2.26. The van der Waals surface area contributed by atoms with E-state index in [0.29, 0.717) is 12.0 Å². The van der Waals surface area contributed by atoms with Gasteiger partial charge >= 0.3 is 5.97 Å². The van der Waals surface area contributed by atoms with Crippen LogP contribution in [0.25, 0.3) is 0 Å². The predicted molar refractivity (Wildman–Crippen MR) is 139 cm³/mol. The van der Waals surface area contributed by atoms with Crippen LogP contribution >= 0.6 is 12.6 Å². The van der Waals surface area contributed by atoms with Crippen molar-refractivity contribution in [1.82, 2.24) is 16.0 Å². The van der Waals surface area contributed by atoms with Crippen LogP contribution in [0.2, 0.25) is 0 Å². The van der Waals surface area contributed by atoms with Gasteiger partial charge in [-0.05, 0) is 37.5 Å². The van der Waals surface area contributed by atoms with E-state index < -0.39 is 54.0 Å². The highest BCUT2D eigenvalue weighted by Gasteiger charge is 2.32. The van der Waals surface area contributed by atoms with Crippen molar-refractivity contribution in [1.29, 1.82) is 0 Å². The molecule has 0 saturated carbocycles. The molecule has 0 spiro atoms. The molecule has 5 atom stereocenters. The quantitative estimate of drug-likeness (QED) is 0.0471. The van der Waals surface area contributed by atoms with Crippen molar-refractivity contribution in [3.63, 3.8) is 0 Å². The van der Waals surface area contributed by atoms with E-state index >= 15 is 0 Å². The van der Waals surface area contributed by atoms with Crippen molar-refractivity contribution >= 4 is 42.3 Å². The van der Waals surface area contributed by atoms with Gasteiger partial charge in [-0.3, -0.25) is 19.4 Å². The molecule has 1 aromatic carbocycles. The summed E-state index contributed by atoms with van der Waals surface area (Å²) in [5, 5.41) is 35.8. The third-order valence-corrected chi connectivity index (χ3v) is 5.54. The standard InChI is InChI=1S/C22H35N7O7S/c1-11(30)17(20(34)28-16(10-37)21(35)36)29-19(33)15(9-12-4-6-13(31)7-5-12)27-18(32)14(23)3-2-8-26-22(24)25/h4-7,11,14-17,30-31,37H,2-3,8-10,23H2,1H3,(H,27,32)(H,28,34)(H,29,33)(H,35,36)(H4,24,25,26). The fourth-order valence-corrected chi connectivity index (χ4v) is 3.36. The molecular weight excluding hydrogens is 506 g/mol. The zero-order chi connectivity index (χ0) is 28.1. The molecule has 0 fully saturated rings. The first kappa shape index (κ1) is 31.5. The molecule has 206 valence electrons. The summed E-state index contributed by atoms with van der Waals surface area (Å²) in [6.45, 7) is 1.50. The second kappa shape index (κ2) is 15.5. The number of thiol groups is 1. The Bertz CT molecular complexity index is 955. The fraction of sp³-hybridized carbons (Fsp3) is 0.500. The number of phenols is 1. The number of benzene rings is 1. The van der Waals surface area contributed by atoms with E-state index in [1.165, 1.54) is 19.1 Å². The average molecular weight is 542 g/mol. The number of aliphatic hydroxyl groups is 1. The lowest BCUT2D eigenvalue weighted by Crippen LogP contribution is -2.60. The van der Waals surface area contributed by atoms with Crippen molar-refractivity contribution in [3.05, 3.63) is 29.8 Å². The number of guanidine groups is 1. The van der Waals surface area contributed by atoms with Crippen LogP contribution in [0.15, 0.2) is 29.3 Å². The Morgan fingerprint density at radius 3 is 2.11 bits per heavy atom. The molecular formula is C22H35N7O7S. The number of rotatable bonds is 15. The van der Waals surface area contributed by atoms with Crippen LogP contribution in [0.5, 0.6) is 5.75 Å². The Morgan fingerprint density at radius 1 is 1.00 bits per heavy atom. The summed E-state index contributed by atoms with van der Waals surface area (Å²) in [4.78, 5) is 53.4. The number of amides is 3. The summed E-state index contributed by atoms with van der Waals surface area (Å²) in [6.07, 6.45) is -0.821. The van der Waals surface area contributed by atoms with Gasteiger partial charge in [-0.15, -0.1) is 0 Å². The number of nitrogens with two attached hydrogens (primary N) is 3. The summed E-state index contributed by atoms with van der Waals surface area (Å²) in [6, 6.07) is 0.788. The SMILES string of the molecule is CC(O)C(NC(=O)C(Cc1ccc(O)cc1)NC(=O)C(N)CCCN=C(N)N)C(=O)NC(CS)C(=O)O. The van der Waals surface area contributed by atoms with Gasteiger partial charge in [0.2, 0.25) is 17.7 Å². The van der Waals surface area contributed by atoms with Crippen LogP contribution in [0.1, 0.15) is 25.3 Å². The molecule has 14 nitrogen and oxygen atoms in total. The minimum Gasteiger partial charge on any atom is -0.508 e. The second-order valence-corrected chi connectivity index (χ2v) is 8.66. The molecule has 15 heteroatoms. The number of carbonyl (C=O) groups is 4. The van der Waals surface area contributed by atoms with Crippen molar-refractivity contribution in [2.75, 3.05) is 12.3 Å². The van der Waals surface area contributed by atoms with Crippen LogP contribution < -0.4 is 33.2 Å². The van der Waals surface area contributed by atoms with Crippen LogP contribution in [0.3, 0.4) is 0 Å². The van der Waals surface area contributed by atoms with Crippen LogP contribution in [0, 0.1) is 0 Å². The van der Waals surface area contributed by atoms with Crippen LogP contribution in [0.4, 0.5) is 0 Å². The number of aromatic hydroxyl groups is 1. The number of carboxylic acids is 1. The van der Waals surface area contributed by atoms with Crippen LogP contribution in [-0.2, 0) is 25.6 Å². The summed E-state index contributed by atoms with van der Waals surface area (Å²) in [7, 11) is 0. The maximum absolute atomic E-state index is 13.1. The maximum atomic E-state index is 13.1. The molecule has 1 aromatic rings. The number of carboxylic acid groups (broad SMARTS) is 1. The monoisotopic (exact) mass is 541 g/mol. The van der Waals surface area contributed by atoms with Gasteiger partial charge in [0.05, 0.1) is 12.1 Å². The van der Waals surface area contributed by atoms with Gasteiger partial charge in [-0.2, -0.15) is 12.6 Å². The van der Waals surface area contributed by atoms with Crippen molar-refractivity contribution in [2.24, 2.45) is 22.2 Å². The van der Waals surface area contributed by atoms with E-state index in [-0.39, 0.29) is 36.8 Å². The molecule has 1 rings (SSSR count). The first-order chi connectivity index (χ1) is 17.3. The molecule has 37 heavy (non-hydrogen) atoms. The Balaban J connectivity index is 3.03. The number of aliphatic imine (C=N–C) groups is 1. The molecule has 0 aliphatic carbocycles. The lowest BCUT2D eigenvalue weighted by molar-refractivity contribution is -0.142. The Morgan fingerprint density at radius 2 is 1.59 bits per heavy atom. The molecule has 5 unspecified atom stereocenters. The molecule has 0 heterocycles. The molecule has 0 aromatic heterocycles. The van der Waals surface area contributed by atoms with Gasteiger partial charge in [-0.25, -0.2) is 4.79 Å². The molecule has 0 bridgehead atoms. The average Bonchev–Trinajstić information content (AvgIpc) is 2.83. The number of hydrogen-bond acceptors (Lipinski definition) is 9. The van der Waals surface area contributed by atoms with E-state index in [4.69, 9.17) is 22.3 Å². The normalized spacial score (nSPS) is 14.8. The van der Waals surface area contributed by atoms with Gasteiger partial charge < -0.3 is 48.5 Å². The molecule has 3 amide bonds. The Kier molecular flexibility index (Phi) is 13.2. The van der Waals surface area contributed by atoms with E-state index in [9.17, 15) is 29.4 Å². The molecule has 0 saturated heterocycles. The lowest BCUT2D eigenvalue weighted by atomic mass is 10.0. The zero-order valence-electron chi connectivity index (χ0n) is 20.3.